The van der Waals surface area contributed by atoms with Crippen molar-refractivity contribution >= 4 is 5.91 Å². The number of aliphatic hydroxyl groups is 1. The minimum atomic E-state index is -0.487. The van der Waals surface area contributed by atoms with Crippen LogP contribution in [0.1, 0.15) is 12.6 Å². The summed E-state index contributed by atoms with van der Waals surface area (Å²) >= 11 is 0. The van der Waals surface area contributed by atoms with Crippen molar-refractivity contribution in [2.45, 2.75) is 19.5 Å². The van der Waals surface area contributed by atoms with E-state index in [0.29, 0.717) is 19.0 Å². The zero-order valence-corrected chi connectivity index (χ0v) is 10.5. The van der Waals surface area contributed by atoms with E-state index in [4.69, 9.17) is 0 Å². The molecule has 0 spiro atoms. The highest BCUT2D eigenvalue weighted by molar-refractivity contribution is 5.82. The number of aromatic nitrogens is 1. The predicted molar refractivity (Wildman–Crippen MR) is 67.7 cm³/mol. The molecule has 0 aliphatic carbocycles. The first kappa shape index (κ1) is 13.0. The van der Waals surface area contributed by atoms with E-state index >= 15 is 0 Å². The number of aliphatic hydroxyl groups excluding tert-OH is 1. The molecule has 0 bridgehead atoms. The maximum atomic E-state index is 12.2. The second kappa shape index (κ2) is 5.93. The van der Waals surface area contributed by atoms with Gasteiger partial charge in [-0.25, -0.2) is 0 Å². The smallest absolute Gasteiger partial charge is 0.242 e. The van der Waals surface area contributed by atoms with Gasteiger partial charge in [0.2, 0.25) is 5.91 Å². The summed E-state index contributed by atoms with van der Waals surface area (Å²) < 4.78 is 0. The molecular weight excluding hydrogens is 230 g/mol. The number of carbonyl (C=O) groups is 1. The van der Waals surface area contributed by atoms with Crippen LogP contribution in [0.25, 0.3) is 0 Å². The molecule has 1 aromatic heterocycles. The molecule has 5 heteroatoms. The van der Waals surface area contributed by atoms with Crippen LogP contribution in [-0.4, -0.2) is 46.6 Å². The Kier molecular flexibility index (Phi) is 4.28. The van der Waals surface area contributed by atoms with Gasteiger partial charge in [0.1, 0.15) is 6.04 Å². The number of pyridine rings is 1. The third kappa shape index (κ3) is 3.05. The maximum absolute atomic E-state index is 12.2. The van der Waals surface area contributed by atoms with Gasteiger partial charge < -0.3 is 15.3 Å². The summed E-state index contributed by atoms with van der Waals surface area (Å²) in [5.41, 5.74) is 0.872. The average molecular weight is 249 g/mol. The molecule has 1 aliphatic heterocycles. The van der Waals surface area contributed by atoms with E-state index in [1.54, 1.807) is 11.1 Å². The molecule has 2 unspecified atom stereocenters. The van der Waals surface area contributed by atoms with Crippen LogP contribution in [-0.2, 0) is 11.3 Å². The van der Waals surface area contributed by atoms with Crippen LogP contribution in [0.15, 0.2) is 24.4 Å². The van der Waals surface area contributed by atoms with Crippen LogP contribution in [0.4, 0.5) is 0 Å². The Morgan fingerprint density at radius 2 is 2.39 bits per heavy atom. The normalized spacial score (nSPS) is 25.0. The first-order valence-corrected chi connectivity index (χ1v) is 6.23. The van der Waals surface area contributed by atoms with E-state index in [1.165, 1.54) is 0 Å². The minimum absolute atomic E-state index is 0.0486. The molecule has 1 fully saturated rings. The summed E-state index contributed by atoms with van der Waals surface area (Å²) in [6.07, 6.45) is 1.73. The number of nitrogens with one attached hydrogen (secondary N) is 1. The van der Waals surface area contributed by atoms with Crippen molar-refractivity contribution in [3.05, 3.63) is 30.1 Å². The van der Waals surface area contributed by atoms with E-state index in [-0.39, 0.29) is 12.5 Å². The van der Waals surface area contributed by atoms with Gasteiger partial charge in [0.05, 0.1) is 18.8 Å². The lowest BCUT2D eigenvalue weighted by Crippen LogP contribution is -2.45. The Labute approximate surface area is 107 Å². The monoisotopic (exact) mass is 249 g/mol. The lowest BCUT2D eigenvalue weighted by molar-refractivity contribution is -0.134. The lowest BCUT2D eigenvalue weighted by Gasteiger charge is -2.24. The zero-order chi connectivity index (χ0) is 13.0. The van der Waals surface area contributed by atoms with Crippen molar-refractivity contribution < 1.29 is 9.90 Å². The number of amides is 1. The molecule has 0 saturated carbocycles. The summed E-state index contributed by atoms with van der Waals surface area (Å²) in [7, 11) is 0. The summed E-state index contributed by atoms with van der Waals surface area (Å²) in [6.45, 7) is 3.87. The highest BCUT2D eigenvalue weighted by Crippen LogP contribution is 2.11. The van der Waals surface area contributed by atoms with Crippen molar-refractivity contribution in [3.63, 3.8) is 0 Å². The van der Waals surface area contributed by atoms with Crippen molar-refractivity contribution in [1.82, 2.24) is 15.2 Å². The maximum Gasteiger partial charge on any atom is 0.242 e. The second-order valence-corrected chi connectivity index (χ2v) is 4.79. The van der Waals surface area contributed by atoms with Crippen LogP contribution in [0, 0.1) is 5.92 Å². The minimum Gasteiger partial charge on any atom is -0.394 e. The van der Waals surface area contributed by atoms with Crippen LogP contribution in [0.2, 0.25) is 0 Å². The molecule has 0 radical (unpaired) electrons. The summed E-state index contributed by atoms with van der Waals surface area (Å²) in [6, 6.07) is 5.19. The molecule has 1 saturated heterocycles. The number of hydrogen-bond acceptors (Lipinski definition) is 4. The van der Waals surface area contributed by atoms with Crippen LogP contribution >= 0.6 is 0 Å². The third-order valence-electron chi connectivity index (χ3n) is 3.12. The third-order valence-corrected chi connectivity index (χ3v) is 3.12. The van der Waals surface area contributed by atoms with Gasteiger partial charge >= 0.3 is 0 Å². The van der Waals surface area contributed by atoms with E-state index < -0.39 is 6.04 Å². The first-order chi connectivity index (χ1) is 8.70. The standard InChI is InChI=1S/C13H19N3O2/c1-10-6-15-12(9-17)13(18)16(7-10)8-11-4-2-3-5-14-11/h2-5,10,12,15,17H,6-9H2,1H3. The molecule has 5 nitrogen and oxygen atoms in total. The fourth-order valence-corrected chi connectivity index (χ4v) is 2.15. The second-order valence-electron chi connectivity index (χ2n) is 4.79. The number of nitrogens with zero attached hydrogens (tertiary/aromatic N) is 2. The Balaban J connectivity index is 2.11. The van der Waals surface area contributed by atoms with Crippen LogP contribution < -0.4 is 5.32 Å². The van der Waals surface area contributed by atoms with Gasteiger partial charge in [-0.2, -0.15) is 0 Å². The van der Waals surface area contributed by atoms with Gasteiger partial charge in [0, 0.05) is 19.3 Å². The van der Waals surface area contributed by atoms with E-state index in [9.17, 15) is 9.90 Å². The van der Waals surface area contributed by atoms with Crippen molar-refractivity contribution in [2.24, 2.45) is 5.92 Å². The zero-order valence-electron chi connectivity index (χ0n) is 10.5. The average Bonchev–Trinajstić information content (AvgIpc) is 2.51. The molecule has 2 atom stereocenters. The largest absolute Gasteiger partial charge is 0.394 e. The van der Waals surface area contributed by atoms with E-state index in [0.717, 1.165) is 12.2 Å². The highest BCUT2D eigenvalue weighted by atomic mass is 16.3. The molecule has 18 heavy (non-hydrogen) atoms. The molecular formula is C13H19N3O2. The number of rotatable bonds is 3. The number of carbonyl (C=O) groups excluding carboxylic acids is 1. The summed E-state index contributed by atoms with van der Waals surface area (Å²) in [5.74, 6) is 0.321. The summed E-state index contributed by atoms with van der Waals surface area (Å²) in [4.78, 5) is 18.2. The van der Waals surface area contributed by atoms with Gasteiger partial charge in [-0.1, -0.05) is 13.0 Å². The van der Waals surface area contributed by atoms with Gasteiger partial charge in [0.25, 0.3) is 0 Å². The molecule has 0 aromatic carbocycles. The van der Waals surface area contributed by atoms with Gasteiger partial charge in [-0.15, -0.1) is 0 Å². The van der Waals surface area contributed by atoms with E-state index in [1.807, 2.05) is 18.2 Å². The quantitative estimate of drug-likeness (QED) is 0.792. The SMILES string of the molecule is CC1CNC(CO)C(=O)N(Cc2ccccn2)C1. The topological polar surface area (TPSA) is 65.5 Å². The van der Waals surface area contributed by atoms with Gasteiger partial charge in [-0.05, 0) is 18.1 Å². The Morgan fingerprint density at radius 3 is 3.06 bits per heavy atom. The lowest BCUT2D eigenvalue weighted by atomic mass is 10.1. The first-order valence-electron chi connectivity index (χ1n) is 6.23. The molecule has 98 valence electrons. The Bertz CT molecular complexity index is 396. The predicted octanol–water partition coefficient (Wildman–Crippen LogP) is 0.0104. The molecule has 1 aromatic rings. The molecule has 1 amide bonds. The van der Waals surface area contributed by atoms with Crippen molar-refractivity contribution in [1.29, 1.82) is 0 Å². The molecule has 1 aliphatic rings. The Morgan fingerprint density at radius 1 is 1.56 bits per heavy atom. The summed E-state index contributed by atoms with van der Waals surface area (Å²) in [5, 5.41) is 12.3. The van der Waals surface area contributed by atoms with Crippen molar-refractivity contribution in [3.8, 4) is 0 Å². The van der Waals surface area contributed by atoms with Gasteiger partial charge in [-0.3, -0.25) is 9.78 Å². The fraction of sp³-hybridized carbons (Fsp3) is 0.538. The van der Waals surface area contributed by atoms with Crippen LogP contribution in [0.3, 0.4) is 0 Å². The molecule has 2 heterocycles. The van der Waals surface area contributed by atoms with Gasteiger partial charge in [0.15, 0.2) is 0 Å². The van der Waals surface area contributed by atoms with E-state index in [2.05, 4.69) is 17.2 Å². The molecule has 2 rings (SSSR count). The number of hydrogen-bond donors (Lipinski definition) is 2. The molecule has 2 N–H and O–H groups in total. The highest BCUT2D eigenvalue weighted by Gasteiger charge is 2.28. The van der Waals surface area contributed by atoms with Crippen LogP contribution in [0.5, 0.6) is 0 Å². The fourth-order valence-electron chi connectivity index (χ4n) is 2.15. The Hall–Kier alpha value is -1.46. The van der Waals surface area contributed by atoms with Crippen molar-refractivity contribution in [2.75, 3.05) is 19.7 Å².